The van der Waals surface area contributed by atoms with E-state index in [9.17, 15) is 13.2 Å². The molecule has 3 aromatic rings. The number of hydrogen-bond donors (Lipinski definition) is 2. The standard InChI is InChI=1S/C22H24N4O5S/c1-22(2,3)26-14-17(13-23-26)24-21(27)15-4-6-16(7-5-15)25-32(28,29)18-8-9-19-20(12-18)31-11-10-30-19/h4-9,12-14,25H,10-11H2,1-3H3,(H,24,27). The predicted octanol–water partition coefficient (Wildman–Crippen LogP) is 3.46. The topological polar surface area (TPSA) is 112 Å². The number of sulfonamides is 1. The van der Waals surface area contributed by atoms with Crippen LogP contribution in [0, 0.1) is 0 Å². The fourth-order valence-electron chi connectivity index (χ4n) is 3.05. The number of nitrogens with zero attached hydrogens (tertiary/aromatic N) is 2. The van der Waals surface area contributed by atoms with Gasteiger partial charge in [0.25, 0.3) is 15.9 Å². The largest absolute Gasteiger partial charge is 0.486 e. The van der Waals surface area contributed by atoms with Crippen LogP contribution in [0.15, 0.2) is 59.8 Å². The summed E-state index contributed by atoms with van der Waals surface area (Å²) in [6.07, 6.45) is 3.34. The van der Waals surface area contributed by atoms with Crippen LogP contribution < -0.4 is 19.5 Å². The highest BCUT2D eigenvalue weighted by Gasteiger charge is 2.20. The molecular formula is C22H24N4O5S. The Hall–Kier alpha value is -3.53. The molecule has 1 aliphatic heterocycles. The summed E-state index contributed by atoms with van der Waals surface area (Å²) in [5, 5.41) is 7.04. The first-order valence-corrected chi connectivity index (χ1v) is 11.5. The fraction of sp³-hybridized carbons (Fsp3) is 0.273. The van der Waals surface area contributed by atoms with Gasteiger partial charge in [0.2, 0.25) is 0 Å². The molecule has 168 valence electrons. The van der Waals surface area contributed by atoms with Gasteiger partial charge in [-0.1, -0.05) is 0 Å². The summed E-state index contributed by atoms with van der Waals surface area (Å²) in [5.74, 6) is 0.583. The molecule has 1 aliphatic rings. The maximum Gasteiger partial charge on any atom is 0.262 e. The van der Waals surface area contributed by atoms with Crippen LogP contribution in [0.25, 0.3) is 0 Å². The molecule has 1 amide bonds. The van der Waals surface area contributed by atoms with Crippen molar-refractivity contribution >= 4 is 27.3 Å². The van der Waals surface area contributed by atoms with Crippen molar-refractivity contribution in [2.75, 3.05) is 23.3 Å². The average Bonchev–Trinajstić information content (AvgIpc) is 3.23. The number of nitrogens with one attached hydrogen (secondary N) is 2. The quantitative estimate of drug-likeness (QED) is 0.608. The Bertz CT molecular complexity index is 1240. The molecule has 2 aromatic carbocycles. The molecule has 10 heteroatoms. The van der Waals surface area contributed by atoms with Crippen LogP contribution in [0.3, 0.4) is 0 Å². The molecule has 0 radical (unpaired) electrons. The van der Waals surface area contributed by atoms with Crippen molar-refractivity contribution in [1.82, 2.24) is 9.78 Å². The van der Waals surface area contributed by atoms with Crippen LogP contribution in [0.1, 0.15) is 31.1 Å². The molecule has 0 saturated heterocycles. The zero-order chi connectivity index (χ0) is 22.9. The minimum atomic E-state index is -3.84. The number of fused-ring (bicyclic) bond motifs is 1. The van der Waals surface area contributed by atoms with E-state index in [4.69, 9.17) is 9.47 Å². The van der Waals surface area contributed by atoms with Crippen LogP contribution in [-0.4, -0.2) is 37.3 Å². The van der Waals surface area contributed by atoms with Crippen LogP contribution in [-0.2, 0) is 15.6 Å². The van der Waals surface area contributed by atoms with Crippen molar-refractivity contribution in [3.8, 4) is 11.5 Å². The SMILES string of the molecule is CC(C)(C)n1cc(NC(=O)c2ccc(NS(=O)(=O)c3ccc4c(c3)OCCO4)cc2)cn1. The summed E-state index contributed by atoms with van der Waals surface area (Å²) in [7, 11) is -3.84. The highest BCUT2D eigenvalue weighted by molar-refractivity contribution is 7.92. The number of aromatic nitrogens is 2. The van der Waals surface area contributed by atoms with Crippen LogP contribution in [0.4, 0.5) is 11.4 Å². The van der Waals surface area contributed by atoms with Crippen molar-refractivity contribution in [2.45, 2.75) is 31.2 Å². The van der Waals surface area contributed by atoms with E-state index in [-0.39, 0.29) is 16.3 Å². The predicted molar refractivity (Wildman–Crippen MR) is 120 cm³/mol. The lowest BCUT2D eigenvalue weighted by atomic mass is 10.1. The smallest absolute Gasteiger partial charge is 0.262 e. The van der Waals surface area contributed by atoms with Crippen molar-refractivity contribution in [2.24, 2.45) is 0 Å². The van der Waals surface area contributed by atoms with Crippen molar-refractivity contribution < 1.29 is 22.7 Å². The van der Waals surface area contributed by atoms with E-state index in [1.807, 2.05) is 20.8 Å². The highest BCUT2D eigenvalue weighted by atomic mass is 32.2. The van der Waals surface area contributed by atoms with E-state index in [0.29, 0.717) is 41.7 Å². The normalized spacial score (nSPS) is 13.5. The molecule has 2 N–H and O–H groups in total. The third-order valence-corrected chi connectivity index (χ3v) is 6.13. The molecule has 1 aromatic heterocycles. The lowest BCUT2D eigenvalue weighted by Gasteiger charge is -2.19. The highest BCUT2D eigenvalue weighted by Crippen LogP contribution is 2.32. The molecule has 32 heavy (non-hydrogen) atoms. The Balaban J connectivity index is 1.44. The molecule has 0 fully saturated rings. The average molecular weight is 457 g/mol. The third-order valence-electron chi connectivity index (χ3n) is 4.75. The van der Waals surface area contributed by atoms with Gasteiger partial charge in [0.05, 0.1) is 22.3 Å². The molecule has 2 heterocycles. The van der Waals surface area contributed by atoms with Gasteiger partial charge in [-0.3, -0.25) is 14.2 Å². The molecule has 0 saturated carbocycles. The Kier molecular flexibility index (Phi) is 5.55. The van der Waals surface area contributed by atoms with Crippen LogP contribution >= 0.6 is 0 Å². The molecule has 0 atom stereocenters. The first-order valence-electron chi connectivity index (χ1n) is 10.0. The first-order chi connectivity index (χ1) is 15.1. The lowest BCUT2D eigenvalue weighted by molar-refractivity contribution is 0.102. The summed E-state index contributed by atoms with van der Waals surface area (Å²) < 4.78 is 40.6. The van der Waals surface area contributed by atoms with Gasteiger partial charge in [0.1, 0.15) is 13.2 Å². The summed E-state index contributed by atoms with van der Waals surface area (Å²) in [5.41, 5.74) is 1.10. The Morgan fingerprint density at radius 3 is 2.34 bits per heavy atom. The van der Waals surface area contributed by atoms with Gasteiger partial charge < -0.3 is 14.8 Å². The minimum Gasteiger partial charge on any atom is -0.486 e. The molecule has 9 nitrogen and oxygen atoms in total. The van der Waals surface area contributed by atoms with E-state index < -0.39 is 10.0 Å². The molecule has 0 bridgehead atoms. The monoisotopic (exact) mass is 456 g/mol. The second-order valence-electron chi connectivity index (χ2n) is 8.29. The number of rotatable bonds is 5. The third kappa shape index (κ3) is 4.70. The maximum atomic E-state index is 12.7. The van der Waals surface area contributed by atoms with Crippen LogP contribution in [0.5, 0.6) is 11.5 Å². The molecule has 0 unspecified atom stereocenters. The van der Waals surface area contributed by atoms with Gasteiger partial charge >= 0.3 is 0 Å². The van der Waals surface area contributed by atoms with Gasteiger partial charge in [-0.25, -0.2) is 8.42 Å². The number of hydrogen-bond acceptors (Lipinski definition) is 6. The van der Waals surface area contributed by atoms with E-state index in [1.54, 1.807) is 35.3 Å². The molecular weight excluding hydrogens is 432 g/mol. The number of ether oxygens (including phenoxy) is 2. The minimum absolute atomic E-state index is 0.0550. The van der Waals surface area contributed by atoms with Gasteiger partial charge in [0, 0.05) is 23.5 Å². The number of anilines is 2. The number of benzene rings is 2. The second-order valence-corrected chi connectivity index (χ2v) is 9.97. The van der Waals surface area contributed by atoms with Crippen molar-refractivity contribution in [1.29, 1.82) is 0 Å². The lowest BCUT2D eigenvalue weighted by Crippen LogP contribution is -2.22. The zero-order valence-corrected chi connectivity index (χ0v) is 18.8. The van der Waals surface area contributed by atoms with Crippen molar-refractivity contribution in [3.63, 3.8) is 0 Å². The second kappa shape index (κ2) is 8.19. The molecule has 0 aliphatic carbocycles. The summed E-state index contributed by atoms with van der Waals surface area (Å²) in [4.78, 5) is 12.6. The Morgan fingerprint density at radius 2 is 1.69 bits per heavy atom. The van der Waals surface area contributed by atoms with Gasteiger partial charge in [0.15, 0.2) is 11.5 Å². The van der Waals surface area contributed by atoms with E-state index in [0.717, 1.165) is 0 Å². The van der Waals surface area contributed by atoms with Gasteiger partial charge in [-0.05, 0) is 57.2 Å². The van der Waals surface area contributed by atoms with Gasteiger partial charge in [-0.15, -0.1) is 0 Å². The van der Waals surface area contributed by atoms with E-state index in [2.05, 4.69) is 15.1 Å². The summed E-state index contributed by atoms with van der Waals surface area (Å²) in [6.45, 7) is 6.82. The maximum absolute atomic E-state index is 12.7. The van der Waals surface area contributed by atoms with Crippen molar-refractivity contribution in [3.05, 3.63) is 60.4 Å². The van der Waals surface area contributed by atoms with E-state index in [1.165, 1.54) is 24.3 Å². The first kappa shape index (κ1) is 21.7. The Labute approximate surface area is 186 Å². The number of amides is 1. The molecule has 4 rings (SSSR count). The molecule has 0 spiro atoms. The Morgan fingerprint density at radius 1 is 1.00 bits per heavy atom. The fourth-order valence-corrected chi connectivity index (χ4v) is 4.13. The van der Waals surface area contributed by atoms with Gasteiger partial charge in [-0.2, -0.15) is 5.10 Å². The number of carbonyl (C=O) groups is 1. The summed E-state index contributed by atoms with van der Waals surface area (Å²) in [6, 6.07) is 10.6. The summed E-state index contributed by atoms with van der Waals surface area (Å²) >= 11 is 0. The zero-order valence-electron chi connectivity index (χ0n) is 18.0. The van der Waals surface area contributed by atoms with Crippen LogP contribution in [0.2, 0.25) is 0 Å². The number of carbonyl (C=O) groups excluding carboxylic acids is 1. The van der Waals surface area contributed by atoms with E-state index >= 15 is 0 Å².